The normalized spacial score (nSPS) is 12.8. The molecular weight excluding hydrogens is 902 g/mol. The number of alkyl halides is 6. The summed E-state index contributed by atoms with van der Waals surface area (Å²) in [5, 5.41) is 2.59. The Kier molecular flexibility index (Phi) is 28.7. The molecule has 1 heterocycles. The molecule has 0 saturated heterocycles. The molecule has 2 aromatic carbocycles. The van der Waals surface area contributed by atoms with Gasteiger partial charge in [-0.3, -0.25) is 24.0 Å². The Morgan fingerprint density at radius 1 is 0.727 bits per heavy atom. The zero-order chi connectivity index (χ0) is 50.4. The molecule has 2 aromatic rings. The fraction of sp³-hybridized carbons (Fsp3) is 0.381. The average molecular weight is 951 g/mol. The molecule has 0 aliphatic carbocycles. The van der Waals surface area contributed by atoms with Crippen LogP contribution in [0.4, 0.5) is 26.3 Å². The monoisotopic (exact) mass is 950 g/mol. The summed E-state index contributed by atoms with van der Waals surface area (Å²) >= 11 is 0. The summed E-state index contributed by atoms with van der Waals surface area (Å²) in [5.41, 5.74) is 3.96. The van der Waals surface area contributed by atoms with Gasteiger partial charge < -0.3 is 48.9 Å². The number of hydrogen-bond donors (Lipinski definition) is 2. The highest BCUT2D eigenvalue weighted by molar-refractivity contribution is 6.00. The van der Waals surface area contributed by atoms with Crippen LogP contribution in [0.15, 0.2) is 82.8 Å². The molecule has 0 aromatic heterocycles. The van der Waals surface area contributed by atoms with Crippen LogP contribution in [0.2, 0.25) is 0 Å². The molecule has 0 saturated carbocycles. The Morgan fingerprint density at radius 2 is 1.27 bits per heavy atom. The molecule has 1 aliphatic heterocycles. The van der Waals surface area contributed by atoms with Crippen molar-refractivity contribution in [1.82, 2.24) is 5.32 Å². The van der Waals surface area contributed by atoms with Crippen molar-refractivity contribution in [2.45, 2.75) is 53.3 Å². The molecular formula is C42H48F6N2O16. The third-order valence-corrected chi connectivity index (χ3v) is 7.43. The number of carbonyl (C=O) groups excluding carboxylic acids is 8. The Hall–Kier alpha value is -7.40. The summed E-state index contributed by atoms with van der Waals surface area (Å²) in [6, 6.07) is 11.2. The van der Waals surface area contributed by atoms with Crippen molar-refractivity contribution < 1.29 is 103 Å². The largest absolute Gasteiger partial charge is 0.466 e. The van der Waals surface area contributed by atoms with E-state index in [0.717, 1.165) is 20.1 Å². The lowest BCUT2D eigenvalue weighted by molar-refractivity contribution is -0.151. The van der Waals surface area contributed by atoms with Gasteiger partial charge in [0.25, 0.3) is 0 Å². The second-order valence-electron chi connectivity index (χ2n) is 12.1. The van der Waals surface area contributed by atoms with Gasteiger partial charge >= 0.3 is 49.0 Å². The number of rotatable bonds is 19. The predicted molar refractivity (Wildman–Crippen MR) is 216 cm³/mol. The van der Waals surface area contributed by atoms with Crippen molar-refractivity contribution in [1.29, 1.82) is 0 Å². The van der Waals surface area contributed by atoms with Crippen molar-refractivity contribution in [3.8, 4) is 11.5 Å². The number of nitrogens with two attached hydrogens (primary N) is 1. The number of benzene rings is 2. The van der Waals surface area contributed by atoms with Crippen LogP contribution >= 0.6 is 0 Å². The van der Waals surface area contributed by atoms with E-state index in [9.17, 15) is 64.7 Å². The topological polar surface area (TPSA) is 248 Å². The van der Waals surface area contributed by atoms with Crippen molar-refractivity contribution in [2.75, 3.05) is 54.0 Å². The van der Waals surface area contributed by atoms with Gasteiger partial charge in [0, 0.05) is 31.2 Å². The maximum atomic E-state index is 13.9. The van der Waals surface area contributed by atoms with Crippen molar-refractivity contribution in [2.24, 2.45) is 5.73 Å². The maximum absolute atomic E-state index is 13.9. The predicted octanol–water partition coefficient (Wildman–Crippen LogP) is 4.90. The van der Waals surface area contributed by atoms with E-state index < -0.39 is 80.7 Å². The van der Waals surface area contributed by atoms with E-state index in [1.165, 1.54) is 63.4 Å². The highest BCUT2D eigenvalue weighted by Crippen LogP contribution is 2.43. The van der Waals surface area contributed by atoms with E-state index >= 15 is 0 Å². The van der Waals surface area contributed by atoms with Gasteiger partial charge in [0.15, 0.2) is 18.7 Å². The molecule has 364 valence electrons. The first-order valence-electron chi connectivity index (χ1n) is 18.9. The van der Waals surface area contributed by atoms with E-state index in [-0.39, 0.29) is 77.1 Å². The number of hydrogen-bond acceptors (Lipinski definition) is 18. The van der Waals surface area contributed by atoms with Gasteiger partial charge in [0.2, 0.25) is 0 Å². The van der Waals surface area contributed by atoms with E-state index in [1.807, 2.05) is 0 Å². The number of para-hydroxylation sites is 2. The molecule has 0 bridgehead atoms. The number of carbonyl (C=O) groups is 8. The number of methoxy groups -OCH3 is 2. The minimum Gasteiger partial charge on any atom is -0.466 e. The minimum absolute atomic E-state index is 0.0379. The molecule has 0 amide bonds. The minimum atomic E-state index is -3.21. The quantitative estimate of drug-likeness (QED) is 0.0475. The first-order chi connectivity index (χ1) is 31.2. The molecule has 1 unspecified atom stereocenters. The lowest BCUT2D eigenvalue weighted by Gasteiger charge is -2.32. The molecule has 66 heavy (non-hydrogen) atoms. The van der Waals surface area contributed by atoms with E-state index in [4.69, 9.17) is 19.9 Å². The van der Waals surface area contributed by atoms with Crippen LogP contribution in [0.5, 0.6) is 11.5 Å². The summed E-state index contributed by atoms with van der Waals surface area (Å²) < 4.78 is 111. The zero-order valence-corrected chi connectivity index (χ0v) is 36.3. The Balaban J connectivity index is 0.00000101. The number of halogens is 6. The molecule has 3 N–H and O–H groups in total. The van der Waals surface area contributed by atoms with Crippen LogP contribution in [0.25, 0.3) is 0 Å². The van der Waals surface area contributed by atoms with Crippen molar-refractivity contribution >= 4 is 47.9 Å². The van der Waals surface area contributed by atoms with Gasteiger partial charge in [-0.2, -0.15) is 17.6 Å². The van der Waals surface area contributed by atoms with Gasteiger partial charge in [-0.1, -0.05) is 30.3 Å². The molecule has 24 heteroatoms. The number of Topliss-reactive ketones (excluding diaryl/α,β-unsaturated/α-hetero) is 1. The molecule has 0 fully saturated rings. The third-order valence-electron chi connectivity index (χ3n) is 7.43. The highest BCUT2D eigenvalue weighted by Gasteiger charge is 2.41. The number of allylic oxidation sites excluding steroid dienone is 2. The summed E-state index contributed by atoms with van der Waals surface area (Å²) in [6.45, 7) is -3.30. The molecule has 0 radical (unpaired) electrons. The smallest absolute Gasteiger partial charge is 0.387 e. The van der Waals surface area contributed by atoms with Crippen molar-refractivity contribution in [3.63, 3.8) is 0 Å². The summed E-state index contributed by atoms with van der Waals surface area (Å²) in [6.07, 6.45) is 1.03. The van der Waals surface area contributed by atoms with Crippen LogP contribution in [-0.4, -0.2) is 115 Å². The lowest BCUT2D eigenvalue weighted by Crippen LogP contribution is -2.36. The van der Waals surface area contributed by atoms with E-state index in [2.05, 4.69) is 29.0 Å². The molecule has 18 nitrogen and oxygen atoms in total. The number of nitrogens with one attached hydrogen (secondary N) is 1. The standard InChI is InChI=1S/C21H22F3NO7.C8H6F2O2.C8H12O5.C5H8FNO2/c1-4-30-20(28)18-14(10-31-11(2)26)25-13(9-22)17(19(27)29-3)16(18)12-7-5-6-8-15(12)32-21(23)24;9-8(10)12-7-4-2-1-3-6(7)5-11;1-3-12-8(11)4-7(10)5-13-6(2)9;1-9-5(8)2-4(7)3-6/h5-8,16,21,25H,4,9-10H2,1-3H3;1-5,8H;3-5H2,1-2H3;2H,3,7H2,1H3/b;;;4-2-. The van der Waals surface area contributed by atoms with Crippen LogP contribution in [0.1, 0.15) is 56.0 Å². The maximum Gasteiger partial charge on any atom is 0.387 e. The summed E-state index contributed by atoms with van der Waals surface area (Å²) in [4.78, 5) is 89.2. The number of dihydropyridines is 1. The first kappa shape index (κ1) is 58.6. The second kappa shape index (κ2) is 32.3. The summed E-state index contributed by atoms with van der Waals surface area (Å²) in [5.74, 6) is -6.71. The molecule has 0 spiro atoms. The van der Waals surface area contributed by atoms with E-state index in [0.29, 0.717) is 6.29 Å². The number of esters is 6. The zero-order valence-electron chi connectivity index (χ0n) is 36.3. The van der Waals surface area contributed by atoms with Gasteiger partial charge in [0.05, 0.1) is 61.5 Å². The molecule has 3 rings (SSSR count). The van der Waals surface area contributed by atoms with Gasteiger partial charge in [-0.25, -0.2) is 23.2 Å². The Labute approximate surface area is 373 Å². The third kappa shape index (κ3) is 22.3. The number of ketones is 1. The van der Waals surface area contributed by atoms with Gasteiger partial charge in [0.1, 0.15) is 37.9 Å². The SMILES string of the molecule is CCOC(=O)C1=C(COC(C)=O)NC(CF)=C(C(=O)OC)C1c1ccccc1OC(F)F.CCOC(=O)CC(=O)COC(C)=O.COC(=O)/C=C(\N)CF.O=Cc1ccccc1OC(F)F. The van der Waals surface area contributed by atoms with Crippen LogP contribution in [0.3, 0.4) is 0 Å². The average Bonchev–Trinajstić information content (AvgIpc) is 3.27. The van der Waals surface area contributed by atoms with Gasteiger partial charge in [-0.05, 0) is 32.0 Å². The number of aldehydes is 1. The van der Waals surface area contributed by atoms with E-state index in [1.54, 1.807) is 13.0 Å². The fourth-order valence-electron chi connectivity index (χ4n) is 4.87. The summed E-state index contributed by atoms with van der Waals surface area (Å²) in [7, 11) is 2.25. The highest BCUT2D eigenvalue weighted by atomic mass is 19.3. The molecule has 1 atom stereocenters. The fourth-order valence-corrected chi connectivity index (χ4v) is 4.87. The van der Waals surface area contributed by atoms with Crippen molar-refractivity contribution in [3.05, 3.63) is 94.0 Å². The molecule has 1 aliphatic rings. The number of ether oxygens (including phenoxy) is 8. The first-order valence-corrected chi connectivity index (χ1v) is 18.9. The van der Waals surface area contributed by atoms with Crippen LogP contribution in [0, 0.1) is 0 Å². The van der Waals surface area contributed by atoms with Crippen LogP contribution < -0.4 is 20.5 Å². The lowest BCUT2D eigenvalue weighted by atomic mass is 9.79. The van der Waals surface area contributed by atoms with Crippen LogP contribution in [-0.2, 0) is 62.0 Å². The second-order valence-corrected chi connectivity index (χ2v) is 12.1. The Morgan fingerprint density at radius 3 is 1.77 bits per heavy atom. The van der Waals surface area contributed by atoms with Gasteiger partial charge in [-0.15, -0.1) is 0 Å². The Bertz CT molecular complexity index is 2060.